The minimum Gasteiger partial charge on any atom is -0.258 e. The molecule has 1 aromatic rings. The van der Waals surface area contributed by atoms with Crippen LogP contribution in [0.1, 0.15) is 38.1 Å². The van der Waals surface area contributed by atoms with Crippen molar-refractivity contribution < 1.29 is 4.92 Å². The Bertz CT molecular complexity index is 269. The molecule has 0 aromatic carbocycles. The highest BCUT2D eigenvalue weighted by molar-refractivity contribution is 7.15. The van der Waals surface area contributed by atoms with Crippen molar-refractivity contribution in [3.8, 4) is 0 Å². The van der Waals surface area contributed by atoms with E-state index in [9.17, 15) is 10.1 Å². The molecule has 3 nitrogen and oxygen atoms in total. The lowest BCUT2D eigenvalue weighted by atomic mass is 10.3. The summed E-state index contributed by atoms with van der Waals surface area (Å²) in [6.45, 7) is 11.6. The Morgan fingerprint density at radius 2 is 1.64 bits per heavy atom. The van der Waals surface area contributed by atoms with Crippen LogP contribution < -0.4 is 0 Å². The molecule has 0 saturated heterocycles. The number of thiophene rings is 1. The van der Waals surface area contributed by atoms with Crippen molar-refractivity contribution >= 4 is 16.3 Å². The molecular formula is C10H19NO2S. The van der Waals surface area contributed by atoms with E-state index in [0.717, 1.165) is 10.4 Å². The number of hydrogen-bond donors (Lipinski definition) is 0. The van der Waals surface area contributed by atoms with Gasteiger partial charge < -0.3 is 0 Å². The largest absolute Gasteiger partial charge is 0.327 e. The van der Waals surface area contributed by atoms with Gasteiger partial charge in [0.05, 0.1) is 4.92 Å². The molecule has 0 fully saturated rings. The van der Waals surface area contributed by atoms with Gasteiger partial charge in [0.25, 0.3) is 0 Å². The quantitative estimate of drug-likeness (QED) is 0.519. The molecule has 0 aliphatic carbocycles. The molecule has 0 radical (unpaired) electrons. The highest BCUT2D eigenvalue weighted by atomic mass is 32.1. The van der Waals surface area contributed by atoms with Crippen molar-refractivity contribution in [2.75, 3.05) is 0 Å². The molecule has 1 heterocycles. The average molecular weight is 217 g/mol. The molecule has 0 unspecified atom stereocenters. The van der Waals surface area contributed by atoms with Crippen LogP contribution in [0.25, 0.3) is 0 Å². The summed E-state index contributed by atoms with van der Waals surface area (Å²) in [6, 6.07) is 1.82. The average Bonchev–Trinajstić information content (AvgIpc) is 2.52. The minimum absolute atomic E-state index is 0.262. The van der Waals surface area contributed by atoms with Crippen molar-refractivity contribution in [1.82, 2.24) is 0 Å². The van der Waals surface area contributed by atoms with Gasteiger partial charge in [0.15, 0.2) is 0 Å². The number of rotatable bonds is 1. The summed E-state index contributed by atoms with van der Waals surface area (Å²) in [4.78, 5) is 10.9. The second kappa shape index (κ2) is 8.69. The van der Waals surface area contributed by atoms with Crippen LogP contribution in [0, 0.1) is 24.0 Å². The van der Waals surface area contributed by atoms with Gasteiger partial charge in [-0.15, -0.1) is 0 Å². The van der Waals surface area contributed by atoms with Gasteiger partial charge in [-0.25, -0.2) is 0 Å². The van der Waals surface area contributed by atoms with Crippen molar-refractivity contribution in [2.24, 2.45) is 0 Å². The van der Waals surface area contributed by atoms with Gasteiger partial charge in [0.1, 0.15) is 0 Å². The van der Waals surface area contributed by atoms with Crippen LogP contribution >= 0.6 is 11.3 Å². The summed E-state index contributed by atoms with van der Waals surface area (Å²) in [5, 5.41) is 10.5. The Labute approximate surface area is 89.9 Å². The maximum absolute atomic E-state index is 10.3. The number of nitrogens with zero attached hydrogens (tertiary/aromatic N) is 1. The van der Waals surface area contributed by atoms with E-state index in [-0.39, 0.29) is 9.92 Å². The number of hydrogen-bond acceptors (Lipinski definition) is 3. The van der Waals surface area contributed by atoms with Crippen LogP contribution in [0.2, 0.25) is 0 Å². The molecule has 1 rings (SSSR count). The standard InChI is InChI=1S/C6H7NO2S.2C2H6/c1-4-3-5(2)10-6(4)7(8)9;2*1-2/h3H,1-2H3;2*1-2H3. The minimum atomic E-state index is -0.340. The third kappa shape index (κ3) is 4.97. The van der Waals surface area contributed by atoms with Gasteiger partial charge in [0.2, 0.25) is 0 Å². The lowest BCUT2D eigenvalue weighted by Gasteiger charge is -1.83. The van der Waals surface area contributed by atoms with Crippen LogP contribution in [-0.2, 0) is 0 Å². The molecule has 0 spiro atoms. The first-order chi connectivity index (χ1) is 6.61. The zero-order valence-corrected chi connectivity index (χ0v) is 10.6. The summed E-state index contributed by atoms with van der Waals surface area (Å²) in [5.41, 5.74) is 0.757. The first kappa shape index (κ1) is 15.6. The van der Waals surface area contributed by atoms with E-state index in [1.54, 1.807) is 6.92 Å². The summed E-state index contributed by atoms with van der Waals surface area (Å²) in [6.07, 6.45) is 0. The van der Waals surface area contributed by atoms with Crippen molar-refractivity contribution in [1.29, 1.82) is 0 Å². The molecule has 0 aliphatic rings. The fourth-order valence-corrected chi connectivity index (χ4v) is 1.65. The molecule has 82 valence electrons. The van der Waals surface area contributed by atoms with Gasteiger partial charge in [-0.3, -0.25) is 10.1 Å². The summed E-state index contributed by atoms with van der Waals surface area (Å²) < 4.78 is 0. The zero-order chi connectivity index (χ0) is 11.7. The summed E-state index contributed by atoms with van der Waals surface area (Å²) >= 11 is 1.22. The molecule has 0 atom stereocenters. The topological polar surface area (TPSA) is 43.1 Å². The third-order valence-corrected chi connectivity index (χ3v) is 2.28. The van der Waals surface area contributed by atoms with Crippen LogP contribution in [0.15, 0.2) is 6.07 Å². The molecule has 0 amide bonds. The Kier molecular flexibility index (Phi) is 9.66. The highest BCUT2D eigenvalue weighted by Gasteiger charge is 2.12. The zero-order valence-electron chi connectivity index (χ0n) is 9.75. The van der Waals surface area contributed by atoms with Crippen molar-refractivity contribution in [2.45, 2.75) is 41.5 Å². The van der Waals surface area contributed by atoms with Gasteiger partial charge in [-0.1, -0.05) is 39.0 Å². The van der Waals surface area contributed by atoms with Gasteiger partial charge >= 0.3 is 5.00 Å². The SMILES string of the molecule is CC.CC.Cc1cc(C)c([N+](=O)[O-])s1. The smallest absolute Gasteiger partial charge is 0.258 e. The van der Waals surface area contributed by atoms with Crippen molar-refractivity contribution in [3.63, 3.8) is 0 Å². The van der Waals surface area contributed by atoms with Gasteiger partial charge in [0, 0.05) is 10.4 Å². The Morgan fingerprint density at radius 3 is 1.79 bits per heavy atom. The Balaban J connectivity index is 0. The lowest BCUT2D eigenvalue weighted by Crippen LogP contribution is -1.84. The van der Waals surface area contributed by atoms with E-state index in [1.165, 1.54) is 11.3 Å². The van der Waals surface area contributed by atoms with Gasteiger partial charge in [-0.2, -0.15) is 0 Å². The van der Waals surface area contributed by atoms with Crippen molar-refractivity contribution in [3.05, 3.63) is 26.6 Å². The summed E-state index contributed by atoms with van der Waals surface area (Å²) in [7, 11) is 0. The van der Waals surface area contributed by atoms with E-state index < -0.39 is 0 Å². The fraction of sp³-hybridized carbons (Fsp3) is 0.600. The predicted octanol–water partition coefficient (Wildman–Crippen LogP) is 4.33. The van der Waals surface area contributed by atoms with Crippen LogP contribution in [-0.4, -0.2) is 4.92 Å². The van der Waals surface area contributed by atoms with Crippen LogP contribution in [0.3, 0.4) is 0 Å². The Morgan fingerprint density at radius 1 is 1.21 bits per heavy atom. The predicted molar refractivity (Wildman–Crippen MR) is 63.1 cm³/mol. The first-order valence-electron chi connectivity index (χ1n) is 4.82. The Hall–Kier alpha value is -0.900. The highest BCUT2D eigenvalue weighted by Crippen LogP contribution is 2.28. The van der Waals surface area contributed by atoms with E-state index in [2.05, 4.69) is 0 Å². The van der Waals surface area contributed by atoms with E-state index in [1.807, 2.05) is 40.7 Å². The van der Waals surface area contributed by atoms with Crippen LogP contribution in [0.4, 0.5) is 5.00 Å². The molecular weight excluding hydrogens is 198 g/mol. The summed E-state index contributed by atoms with van der Waals surface area (Å²) in [5.74, 6) is 0. The maximum Gasteiger partial charge on any atom is 0.327 e. The third-order valence-electron chi connectivity index (χ3n) is 1.18. The number of nitro groups is 1. The molecule has 0 aliphatic heterocycles. The maximum atomic E-state index is 10.3. The fourth-order valence-electron chi connectivity index (χ4n) is 0.810. The molecule has 1 aromatic heterocycles. The van der Waals surface area contributed by atoms with Gasteiger partial charge in [-0.05, 0) is 19.9 Å². The molecule has 0 N–H and O–H groups in total. The second-order valence-electron chi connectivity index (χ2n) is 2.10. The number of aryl methyl sites for hydroxylation is 2. The molecule has 0 bridgehead atoms. The molecule has 0 saturated carbocycles. The molecule has 14 heavy (non-hydrogen) atoms. The first-order valence-corrected chi connectivity index (χ1v) is 5.64. The van der Waals surface area contributed by atoms with E-state index in [0.29, 0.717) is 0 Å². The van der Waals surface area contributed by atoms with Crippen LogP contribution in [0.5, 0.6) is 0 Å². The normalized spacial score (nSPS) is 7.86. The van der Waals surface area contributed by atoms with E-state index >= 15 is 0 Å². The van der Waals surface area contributed by atoms with E-state index in [4.69, 9.17) is 0 Å². The lowest BCUT2D eigenvalue weighted by molar-refractivity contribution is -0.380. The monoisotopic (exact) mass is 217 g/mol. The molecule has 4 heteroatoms. The second-order valence-corrected chi connectivity index (χ2v) is 3.34.